The van der Waals surface area contributed by atoms with E-state index in [0.717, 1.165) is 28.3 Å². The van der Waals surface area contributed by atoms with E-state index >= 15 is 0 Å². The van der Waals surface area contributed by atoms with Gasteiger partial charge in [0.05, 0.1) is 29.2 Å². The number of para-hydroxylation sites is 2. The molecule has 0 unspecified atom stereocenters. The molecule has 1 aliphatic rings. The minimum atomic E-state index is -0.198. The molecule has 3 heterocycles. The van der Waals surface area contributed by atoms with Crippen molar-refractivity contribution in [1.29, 1.82) is 0 Å². The van der Waals surface area contributed by atoms with Crippen molar-refractivity contribution >= 4 is 33.8 Å². The Labute approximate surface area is 215 Å². The first-order valence-corrected chi connectivity index (χ1v) is 12.4. The Morgan fingerprint density at radius 3 is 2.39 bits per heavy atom. The fourth-order valence-corrected chi connectivity index (χ4v) is 5.80. The topological polar surface area (TPSA) is 53.3 Å². The van der Waals surface area contributed by atoms with E-state index in [1.165, 1.54) is 10.8 Å². The Balaban J connectivity index is 1.57. The molecule has 2 N–H and O–H groups in total. The molecule has 36 heavy (non-hydrogen) atoms. The Bertz CT molecular complexity index is 1590. The number of pyridine rings is 1. The molecule has 0 bridgehead atoms. The van der Waals surface area contributed by atoms with E-state index in [4.69, 9.17) is 12.2 Å². The highest BCUT2D eigenvalue weighted by atomic mass is 32.1. The summed E-state index contributed by atoms with van der Waals surface area (Å²) in [6, 6.07) is 30.0. The van der Waals surface area contributed by atoms with Crippen molar-refractivity contribution in [2.45, 2.75) is 25.9 Å². The first-order chi connectivity index (χ1) is 17.5. The van der Waals surface area contributed by atoms with Crippen molar-refractivity contribution in [3.63, 3.8) is 0 Å². The Kier molecular flexibility index (Phi) is 5.46. The van der Waals surface area contributed by atoms with Gasteiger partial charge in [0.1, 0.15) is 5.75 Å². The number of anilines is 1. The van der Waals surface area contributed by atoms with Crippen LogP contribution in [-0.4, -0.2) is 19.8 Å². The predicted octanol–water partition coefficient (Wildman–Crippen LogP) is 6.53. The van der Waals surface area contributed by atoms with E-state index in [1.54, 1.807) is 12.3 Å². The second kappa shape index (κ2) is 8.81. The van der Waals surface area contributed by atoms with E-state index in [2.05, 4.69) is 77.2 Å². The quantitative estimate of drug-likeness (QED) is 0.281. The molecule has 1 fully saturated rings. The summed E-state index contributed by atoms with van der Waals surface area (Å²) in [5, 5.41) is 17.2. The van der Waals surface area contributed by atoms with Crippen LogP contribution >= 0.6 is 12.2 Å². The fourth-order valence-electron chi connectivity index (χ4n) is 5.46. The molecule has 178 valence electrons. The van der Waals surface area contributed by atoms with Crippen molar-refractivity contribution in [1.82, 2.24) is 14.9 Å². The van der Waals surface area contributed by atoms with Crippen LogP contribution in [0.3, 0.4) is 0 Å². The van der Waals surface area contributed by atoms with Crippen molar-refractivity contribution in [3.05, 3.63) is 120 Å². The molecule has 0 saturated carbocycles. The zero-order valence-corrected chi connectivity index (χ0v) is 20.9. The Morgan fingerprint density at radius 2 is 1.58 bits per heavy atom. The van der Waals surface area contributed by atoms with Gasteiger partial charge in [-0.15, -0.1) is 0 Å². The summed E-state index contributed by atoms with van der Waals surface area (Å²) in [6.07, 6.45) is 1.80. The number of thiocarbonyl (C=S) groups is 1. The molecule has 1 aliphatic heterocycles. The van der Waals surface area contributed by atoms with Gasteiger partial charge >= 0.3 is 0 Å². The van der Waals surface area contributed by atoms with Crippen molar-refractivity contribution < 1.29 is 5.11 Å². The maximum Gasteiger partial charge on any atom is 0.174 e. The molecule has 0 aliphatic carbocycles. The van der Waals surface area contributed by atoms with Gasteiger partial charge in [-0.3, -0.25) is 4.98 Å². The number of aromatic nitrogens is 2. The average Bonchev–Trinajstić information content (AvgIpc) is 3.39. The van der Waals surface area contributed by atoms with Crippen LogP contribution < -0.4 is 10.2 Å². The van der Waals surface area contributed by atoms with Gasteiger partial charge in [-0.2, -0.15) is 0 Å². The minimum absolute atomic E-state index is 0.181. The molecule has 5 aromatic rings. The van der Waals surface area contributed by atoms with Gasteiger partial charge in [-0.05, 0) is 73.4 Å². The highest BCUT2D eigenvalue weighted by Gasteiger charge is 2.43. The summed E-state index contributed by atoms with van der Waals surface area (Å²) in [6.45, 7) is 4.29. The lowest BCUT2D eigenvalue weighted by Crippen LogP contribution is -2.29. The number of rotatable bonds is 4. The molecule has 0 spiro atoms. The molecule has 3 aromatic carbocycles. The number of phenolic OH excluding ortho intramolecular Hbond substituents is 1. The lowest BCUT2D eigenvalue weighted by molar-refractivity contribution is 0.472. The van der Waals surface area contributed by atoms with Crippen molar-refractivity contribution in [3.8, 4) is 11.4 Å². The standard InChI is InChI=1S/C30H26N4OS/c1-19-18-23(20(2)33(19)25-15-9-11-21-10-3-4-12-22(21)25)29-28(24-13-7-8-17-31-24)32-30(36)34(29)26-14-5-6-16-27(26)35/h3-18,28-29,35H,1-2H3,(H,32,36)/t28-,29-/m0/s1. The van der Waals surface area contributed by atoms with Crippen LogP contribution in [0.25, 0.3) is 16.5 Å². The van der Waals surface area contributed by atoms with Gasteiger partial charge in [0.25, 0.3) is 0 Å². The number of nitrogens with zero attached hydrogens (tertiary/aromatic N) is 3. The Hall–Kier alpha value is -4.16. The van der Waals surface area contributed by atoms with Crippen LogP contribution in [0, 0.1) is 13.8 Å². The first-order valence-electron chi connectivity index (χ1n) is 12.0. The monoisotopic (exact) mass is 490 g/mol. The molecule has 0 amide bonds. The normalized spacial score (nSPS) is 17.5. The second-order valence-electron chi connectivity index (χ2n) is 9.15. The highest BCUT2D eigenvalue weighted by Crippen LogP contribution is 2.46. The largest absolute Gasteiger partial charge is 0.506 e. The summed E-state index contributed by atoms with van der Waals surface area (Å²) in [5.41, 5.74) is 6.11. The highest BCUT2D eigenvalue weighted by molar-refractivity contribution is 7.80. The predicted molar refractivity (Wildman–Crippen MR) is 149 cm³/mol. The molecule has 2 aromatic heterocycles. The third-order valence-electron chi connectivity index (χ3n) is 7.04. The molecule has 2 atom stereocenters. The van der Waals surface area contributed by atoms with Crippen LogP contribution in [0.1, 0.15) is 34.7 Å². The number of nitrogens with one attached hydrogen (secondary N) is 1. The van der Waals surface area contributed by atoms with Gasteiger partial charge < -0.3 is 19.9 Å². The van der Waals surface area contributed by atoms with Gasteiger partial charge in [0.2, 0.25) is 0 Å². The summed E-state index contributed by atoms with van der Waals surface area (Å²) >= 11 is 5.84. The van der Waals surface area contributed by atoms with Crippen LogP contribution in [0.4, 0.5) is 5.69 Å². The first kappa shape index (κ1) is 22.3. The minimum Gasteiger partial charge on any atom is -0.506 e. The number of hydrogen-bond acceptors (Lipinski definition) is 3. The van der Waals surface area contributed by atoms with E-state index in [1.807, 2.05) is 41.3 Å². The van der Waals surface area contributed by atoms with Crippen LogP contribution in [0.5, 0.6) is 5.75 Å². The average molecular weight is 491 g/mol. The molecule has 5 nitrogen and oxygen atoms in total. The SMILES string of the molecule is Cc1cc([C@H]2[C@H](c3ccccn3)NC(=S)N2c2ccccc2O)c(C)n1-c1cccc2ccccc12. The fraction of sp³-hybridized carbons (Fsp3) is 0.133. The number of hydrogen-bond donors (Lipinski definition) is 2. The summed E-state index contributed by atoms with van der Waals surface area (Å²) < 4.78 is 2.32. The lowest BCUT2D eigenvalue weighted by Gasteiger charge is -2.28. The van der Waals surface area contributed by atoms with Gasteiger partial charge in [0, 0.05) is 23.0 Å². The number of fused-ring (bicyclic) bond motifs is 1. The van der Waals surface area contributed by atoms with Gasteiger partial charge in [-0.1, -0.05) is 54.6 Å². The van der Waals surface area contributed by atoms with Crippen LogP contribution in [0.2, 0.25) is 0 Å². The van der Waals surface area contributed by atoms with Gasteiger partial charge in [0.15, 0.2) is 5.11 Å². The van der Waals surface area contributed by atoms with Gasteiger partial charge in [-0.25, -0.2) is 0 Å². The maximum atomic E-state index is 10.8. The smallest absolute Gasteiger partial charge is 0.174 e. The number of phenols is 1. The maximum absolute atomic E-state index is 10.8. The summed E-state index contributed by atoms with van der Waals surface area (Å²) in [4.78, 5) is 6.69. The Morgan fingerprint density at radius 1 is 0.861 bits per heavy atom. The van der Waals surface area contributed by atoms with Crippen molar-refractivity contribution in [2.75, 3.05) is 4.90 Å². The third-order valence-corrected chi connectivity index (χ3v) is 7.35. The summed E-state index contributed by atoms with van der Waals surface area (Å²) in [5.74, 6) is 0.191. The lowest BCUT2D eigenvalue weighted by atomic mass is 9.96. The number of aryl methyl sites for hydroxylation is 1. The second-order valence-corrected chi connectivity index (χ2v) is 9.53. The molecular weight excluding hydrogens is 464 g/mol. The number of benzene rings is 3. The van der Waals surface area contributed by atoms with E-state index in [0.29, 0.717) is 10.8 Å². The zero-order chi connectivity index (χ0) is 24.8. The van der Waals surface area contributed by atoms with E-state index in [-0.39, 0.29) is 17.8 Å². The summed E-state index contributed by atoms with van der Waals surface area (Å²) in [7, 11) is 0. The number of aromatic hydroxyl groups is 1. The molecule has 6 rings (SSSR count). The van der Waals surface area contributed by atoms with Crippen LogP contribution in [0.15, 0.2) is 97.2 Å². The molecule has 6 heteroatoms. The molecule has 1 saturated heterocycles. The van der Waals surface area contributed by atoms with Crippen molar-refractivity contribution in [2.24, 2.45) is 0 Å². The zero-order valence-electron chi connectivity index (χ0n) is 20.1. The van der Waals surface area contributed by atoms with E-state index in [9.17, 15) is 5.11 Å². The van der Waals surface area contributed by atoms with E-state index < -0.39 is 0 Å². The molecular formula is C30H26N4OS. The third kappa shape index (κ3) is 3.53. The molecule has 0 radical (unpaired) electrons. The van der Waals surface area contributed by atoms with Crippen LogP contribution in [-0.2, 0) is 0 Å².